The number of hydrogen-bond donors (Lipinski definition) is 0. The quantitative estimate of drug-likeness (QED) is 0.848. The maximum atomic E-state index is 5.93. The smallest absolute Gasteiger partial charge is 0.115 e. The summed E-state index contributed by atoms with van der Waals surface area (Å²) in [5, 5.41) is 0. The zero-order valence-corrected chi connectivity index (χ0v) is 13.9. The van der Waals surface area contributed by atoms with Crippen LogP contribution in [-0.4, -0.2) is 45.7 Å². The van der Waals surface area contributed by atoms with Crippen LogP contribution in [0.2, 0.25) is 0 Å². The fraction of sp³-hybridized carbons (Fsp3) is 0.500. The van der Waals surface area contributed by atoms with Crippen molar-refractivity contribution in [3.8, 4) is 0 Å². The molecule has 1 saturated heterocycles. The van der Waals surface area contributed by atoms with Crippen molar-refractivity contribution >= 4 is 0 Å². The largest absolute Gasteiger partial charge is 0.376 e. The van der Waals surface area contributed by atoms with Crippen LogP contribution in [0.1, 0.15) is 28.9 Å². The zero-order valence-electron chi connectivity index (χ0n) is 13.9. The lowest BCUT2D eigenvalue weighted by Crippen LogP contribution is -2.42. The average molecular weight is 312 g/mol. The van der Waals surface area contributed by atoms with E-state index in [1.807, 2.05) is 19.3 Å². The van der Waals surface area contributed by atoms with Crippen LogP contribution in [0.3, 0.4) is 0 Å². The van der Waals surface area contributed by atoms with E-state index in [1.54, 1.807) is 6.33 Å². The van der Waals surface area contributed by atoms with Crippen LogP contribution in [0.25, 0.3) is 0 Å². The Bertz CT molecular complexity index is 646. The maximum absolute atomic E-state index is 5.93. The summed E-state index contributed by atoms with van der Waals surface area (Å²) >= 11 is 0. The van der Waals surface area contributed by atoms with E-state index in [0.29, 0.717) is 0 Å². The van der Waals surface area contributed by atoms with Crippen LogP contribution in [-0.2, 0) is 17.7 Å². The first-order valence-electron chi connectivity index (χ1n) is 8.21. The van der Waals surface area contributed by atoms with Crippen LogP contribution in [0.5, 0.6) is 0 Å². The van der Waals surface area contributed by atoms with Gasteiger partial charge >= 0.3 is 0 Å². The van der Waals surface area contributed by atoms with Crippen molar-refractivity contribution in [2.75, 3.05) is 19.7 Å². The third-order valence-electron chi connectivity index (χ3n) is 4.34. The van der Waals surface area contributed by atoms with Gasteiger partial charge in [0.2, 0.25) is 0 Å². The molecule has 1 aliphatic rings. The molecular weight excluding hydrogens is 288 g/mol. The molecule has 0 unspecified atom stereocenters. The Hall–Kier alpha value is -1.85. The second-order valence-electron chi connectivity index (χ2n) is 6.22. The molecule has 2 aromatic rings. The molecule has 0 N–H and O–H groups in total. The van der Waals surface area contributed by atoms with Gasteiger partial charge in [0.25, 0.3) is 0 Å². The molecule has 5 nitrogen and oxygen atoms in total. The fourth-order valence-corrected chi connectivity index (χ4v) is 2.97. The SMILES string of the molecule is Cc1cc(CC[C@@H]2CN(Cc3ccncc3C)CCO2)ncn1. The van der Waals surface area contributed by atoms with Gasteiger partial charge in [-0.2, -0.15) is 0 Å². The minimum absolute atomic E-state index is 0.279. The minimum atomic E-state index is 0.279. The summed E-state index contributed by atoms with van der Waals surface area (Å²) in [5.74, 6) is 0. The molecule has 0 aliphatic carbocycles. The van der Waals surface area contributed by atoms with Gasteiger partial charge in [-0.1, -0.05) is 0 Å². The molecule has 5 heteroatoms. The third kappa shape index (κ3) is 4.56. The Morgan fingerprint density at radius 1 is 1.30 bits per heavy atom. The van der Waals surface area contributed by atoms with Gasteiger partial charge in [0.15, 0.2) is 0 Å². The second-order valence-corrected chi connectivity index (χ2v) is 6.22. The maximum Gasteiger partial charge on any atom is 0.115 e. The van der Waals surface area contributed by atoms with E-state index < -0.39 is 0 Å². The first-order valence-corrected chi connectivity index (χ1v) is 8.21. The summed E-state index contributed by atoms with van der Waals surface area (Å²) in [6.07, 6.45) is 7.67. The number of ether oxygens (including phenoxy) is 1. The molecule has 122 valence electrons. The summed E-state index contributed by atoms with van der Waals surface area (Å²) in [4.78, 5) is 15.1. The highest BCUT2D eigenvalue weighted by molar-refractivity contribution is 5.21. The molecule has 0 saturated carbocycles. The standard InChI is InChI=1S/C18H24N4O/c1-14-10-19-6-5-16(14)11-22-7-8-23-18(12-22)4-3-17-9-15(2)20-13-21-17/h5-6,9-10,13,18H,3-4,7-8,11-12H2,1-2H3/t18-/m1/s1. The second kappa shape index (κ2) is 7.62. The van der Waals surface area contributed by atoms with Crippen molar-refractivity contribution in [2.24, 2.45) is 0 Å². The van der Waals surface area contributed by atoms with E-state index in [2.05, 4.69) is 38.9 Å². The molecular formula is C18H24N4O. The predicted octanol–water partition coefficient (Wildman–Crippen LogP) is 2.32. The first kappa shape index (κ1) is 16.0. The van der Waals surface area contributed by atoms with E-state index in [4.69, 9.17) is 4.74 Å². The lowest BCUT2D eigenvalue weighted by Gasteiger charge is -2.33. The predicted molar refractivity (Wildman–Crippen MR) is 89.1 cm³/mol. The molecule has 23 heavy (non-hydrogen) atoms. The Morgan fingerprint density at radius 3 is 3.04 bits per heavy atom. The zero-order chi connectivity index (χ0) is 16.1. The van der Waals surface area contributed by atoms with Gasteiger partial charge in [0.1, 0.15) is 6.33 Å². The number of rotatable bonds is 5. The van der Waals surface area contributed by atoms with Crippen molar-refractivity contribution in [2.45, 2.75) is 39.3 Å². The molecule has 0 bridgehead atoms. The van der Waals surface area contributed by atoms with Crippen LogP contribution in [0, 0.1) is 13.8 Å². The highest BCUT2D eigenvalue weighted by Gasteiger charge is 2.21. The molecule has 1 aliphatic heterocycles. The molecule has 0 radical (unpaired) electrons. The van der Waals surface area contributed by atoms with Crippen molar-refractivity contribution in [3.63, 3.8) is 0 Å². The highest BCUT2D eigenvalue weighted by Crippen LogP contribution is 2.16. The molecule has 0 aromatic carbocycles. The summed E-state index contributed by atoms with van der Waals surface area (Å²) in [5.41, 5.74) is 4.73. The van der Waals surface area contributed by atoms with Crippen molar-refractivity contribution in [1.82, 2.24) is 19.9 Å². The summed E-state index contributed by atoms with van der Waals surface area (Å²) in [6, 6.07) is 4.17. The Labute approximate surface area is 137 Å². The van der Waals surface area contributed by atoms with E-state index in [-0.39, 0.29) is 6.10 Å². The number of morpholine rings is 1. The molecule has 3 heterocycles. The van der Waals surface area contributed by atoms with Crippen molar-refractivity contribution < 1.29 is 4.74 Å². The number of nitrogens with zero attached hydrogens (tertiary/aromatic N) is 4. The van der Waals surface area contributed by atoms with Crippen LogP contribution < -0.4 is 0 Å². The first-order chi connectivity index (χ1) is 11.2. The van der Waals surface area contributed by atoms with Gasteiger partial charge in [-0.05, 0) is 49.9 Å². The van der Waals surface area contributed by atoms with Gasteiger partial charge in [-0.15, -0.1) is 0 Å². The van der Waals surface area contributed by atoms with Gasteiger partial charge in [0.05, 0.1) is 12.7 Å². The Morgan fingerprint density at radius 2 is 2.22 bits per heavy atom. The summed E-state index contributed by atoms with van der Waals surface area (Å²) < 4.78 is 5.93. The molecule has 0 amide bonds. The number of hydrogen-bond acceptors (Lipinski definition) is 5. The molecule has 3 rings (SSSR count). The lowest BCUT2D eigenvalue weighted by atomic mass is 10.1. The van der Waals surface area contributed by atoms with Gasteiger partial charge < -0.3 is 4.74 Å². The van der Waals surface area contributed by atoms with Gasteiger partial charge in [-0.3, -0.25) is 9.88 Å². The van der Waals surface area contributed by atoms with E-state index in [1.165, 1.54) is 11.1 Å². The molecule has 1 fully saturated rings. The van der Waals surface area contributed by atoms with Crippen LogP contribution in [0.4, 0.5) is 0 Å². The lowest BCUT2D eigenvalue weighted by molar-refractivity contribution is -0.0347. The Kier molecular flexibility index (Phi) is 5.31. The highest BCUT2D eigenvalue weighted by atomic mass is 16.5. The monoisotopic (exact) mass is 312 g/mol. The van der Waals surface area contributed by atoms with Gasteiger partial charge in [-0.25, -0.2) is 9.97 Å². The topological polar surface area (TPSA) is 51.1 Å². The molecule has 1 atom stereocenters. The van der Waals surface area contributed by atoms with E-state index in [9.17, 15) is 0 Å². The Balaban J connectivity index is 1.53. The van der Waals surface area contributed by atoms with Crippen LogP contribution in [0.15, 0.2) is 30.9 Å². The number of aryl methyl sites for hydroxylation is 3. The van der Waals surface area contributed by atoms with Gasteiger partial charge in [0, 0.05) is 43.4 Å². The average Bonchev–Trinajstić information content (AvgIpc) is 2.56. The van der Waals surface area contributed by atoms with E-state index in [0.717, 1.165) is 50.5 Å². The fourth-order valence-electron chi connectivity index (χ4n) is 2.97. The van der Waals surface area contributed by atoms with Crippen molar-refractivity contribution in [3.05, 3.63) is 53.4 Å². The molecule has 0 spiro atoms. The van der Waals surface area contributed by atoms with Crippen LogP contribution >= 0.6 is 0 Å². The minimum Gasteiger partial charge on any atom is -0.376 e. The number of aromatic nitrogens is 3. The molecule has 2 aromatic heterocycles. The van der Waals surface area contributed by atoms with E-state index >= 15 is 0 Å². The third-order valence-corrected chi connectivity index (χ3v) is 4.34. The normalized spacial score (nSPS) is 19.0. The summed E-state index contributed by atoms with van der Waals surface area (Å²) in [7, 11) is 0. The summed E-state index contributed by atoms with van der Waals surface area (Å²) in [6.45, 7) is 7.87. The number of pyridine rings is 1. The van der Waals surface area contributed by atoms with Crippen molar-refractivity contribution in [1.29, 1.82) is 0 Å².